The summed E-state index contributed by atoms with van der Waals surface area (Å²) in [6, 6.07) is 6.71. The van der Waals surface area contributed by atoms with Gasteiger partial charge in [0, 0.05) is 21.5 Å². The van der Waals surface area contributed by atoms with E-state index in [-0.39, 0.29) is 5.54 Å². The molecule has 0 spiro atoms. The van der Waals surface area contributed by atoms with Crippen molar-refractivity contribution in [1.29, 1.82) is 0 Å². The van der Waals surface area contributed by atoms with E-state index in [1.54, 1.807) is 0 Å². The Morgan fingerprint density at radius 1 is 1.25 bits per heavy atom. The minimum atomic E-state index is 0.129. The number of nitrogens with one attached hydrogen (secondary N) is 1. The molecule has 1 unspecified atom stereocenters. The van der Waals surface area contributed by atoms with Gasteiger partial charge in [0.1, 0.15) is 0 Å². The minimum absolute atomic E-state index is 0.129. The predicted molar refractivity (Wildman–Crippen MR) is 90.8 cm³/mol. The zero-order valence-electron chi connectivity index (χ0n) is 13.2. The van der Waals surface area contributed by atoms with Crippen LogP contribution < -0.4 is 5.32 Å². The van der Waals surface area contributed by atoms with Crippen molar-refractivity contribution in [2.75, 3.05) is 5.75 Å². The van der Waals surface area contributed by atoms with Crippen LogP contribution in [0, 0.1) is 5.41 Å². The predicted octanol–water partition coefficient (Wildman–Crippen LogP) is 5.68. The Kier molecular flexibility index (Phi) is 4.78. The maximum atomic E-state index is 6.18. The topological polar surface area (TPSA) is 12.0 Å². The molecule has 1 atom stereocenters. The molecule has 1 N–H and O–H groups in total. The zero-order valence-corrected chi connectivity index (χ0v) is 14.8. The normalized spacial score (nSPS) is 19.8. The van der Waals surface area contributed by atoms with E-state index in [4.69, 9.17) is 11.6 Å². The highest BCUT2D eigenvalue weighted by molar-refractivity contribution is 7.99. The summed E-state index contributed by atoms with van der Waals surface area (Å²) in [5, 5.41) is 4.70. The molecule has 0 amide bonds. The molecule has 1 aliphatic rings. The Morgan fingerprint density at radius 3 is 2.60 bits per heavy atom. The van der Waals surface area contributed by atoms with Crippen molar-refractivity contribution in [3.63, 3.8) is 0 Å². The molecular weight excluding hydrogens is 286 g/mol. The molecule has 3 heteroatoms. The smallest absolute Gasteiger partial charge is 0.0410 e. The van der Waals surface area contributed by atoms with Gasteiger partial charge in [-0.25, -0.2) is 0 Å². The molecule has 1 aromatic carbocycles. The SMILES string of the molecule is CC(C)(C)CC(C)(C)NC1CCSc2ccc(Cl)cc21. The van der Waals surface area contributed by atoms with E-state index in [1.165, 1.54) is 22.6 Å². The number of benzene rings is 1. The molecule has 112 valence electrons. The molecule has 0 fully saturated rings. The van der Waals surface area contributed by atoms with Gasteiger partial charge in [-0.2, -0.15) is 0 Å². The van der Waals surface area contributed by atoms with Gasteiger partial charge in [0.15, 0.2) is 0 Å². The lowest BCUT2D eigenvalue weighted by Crippen LogP contribution is -2.45. The Bertz CT molecular complexity index is 476. The fourth-order valence-corrected chi connectivity index (χ4v) is 4.65. The summed E-state index contributed by atoms with van der Waals surface area (Å²) in [5.41, 5.74) is 1.83. The lowest BCUT2D eigenvalue weighted by Gasteiger charge is -2.38. The number of hydrogen-bond donors (Lipinski definition) is 1. The summed E-state index contributed by atoms with van der Waals surface area (Å²) in [6.45, 7) is 11.5. The van der Waals surface area contributed by atoms with Gasteiger partial charge >= 0.3 is 0 Å². The van der Waals surface area contributed by atoms with E-state index < -0.39 is 0 Å². The highest BCUT2D eigenvalue weighted by Gasteiger charge is 2.30. The number of hydrogen-bond acceptors (Lipinski definition) is 2. The molecule has 1 nitrogen and oxygen atoms in total. The summed E-state index contributed by atoms with van der Waals surface area (Å²) < 4.78 is 0. The molecule has 2 rings (SSSR count). The largest absolute Gasteiger partial charge is 0.305 e. The molecule has 20 heavy (non-hydrogen) atoms. The Morgan fingerprint density at radius 2 is 1.95 bits per heavy atom. The molecular formula is C17H26ClNS. The fraction of sp³-hybridized carbons (Fsp3) is 0.647. The first kappa shape index (κ1) is 16.2. The lowest BCUT2D eigenvalue weighted by atomic mass is 9.81. The second-order valence-electron chi connectivity index (χ2n) is 7.64. The maximum absolute atomic E-state index is 6.18. The van der Waals surface area contributed by atoms with Gasteiger partial charge in [-0.15, -0.1) is 11.8 Å². The summed E-state index contributed by atoms with van der Waals surface area (Å²) in [5.74, 6) is 1.18. The summed E-state index contributed by atoms with van der Waals surface area (Å²) in [4.78, 5) is 1.38. The average molecular weight is 312 g/mol. The average Bonchev–Trinajstić information content (AvgIpc) is 2.26. The molecule has 0 aromatic heterocycles. The van der Waals surface area contributed by atoms with Crippen LogP contribution in [0.1, 0.15) is 59.1 Å². The van der Waals surface area contributed by atoms with E-state index in [0.29, 0.717) is 11.5 Å². The molecule has 0 saturated heterocycles. The van der Waals surface area contributed by atoms with Crippen LogP contribution in [0.2, 0.25) is 5.02 Å². The van der Waals surface area contributed by atoms with Crippen molar-refractivity contribution in [3.8, 4) is 0 Å². The van der Waals surface area contributed by atoms with Crippen molar-refractivity contribution in [3.05, 3.63) is 28.8 Å². The molecule has 1 aromatic rings. The maximum Gasteiger partial charge on any atom is 0.0410 e. The van der Waals surface area contributed by atoms with E-state index in [1.807, 2.05) is 17.8 Å². The van der Waals surface area contributed by atoms with Gasteiger partial charge in [0.25, 0.3) is 0 Å². The fourth-order valence-electron chi connectivity index (χ4n) is 3.36. The van der Waals surface area contributed by atoms with Gasteiger partial charge in [-0.05, 0) is 61.6 Å². The van der Waals surface area contributed by atoms with Gasteiger partial charge in [-0.3, -0.25) is 0 Å². The lowest BCUT2D eigenvalue weighted by molar-refractivity contribution is 0.220. The van der Waals surface area contributed by atoms with Crippen LogP contribution in [-0.4, -0.2) is 11.3 Å². The zero-order chi connectivity index (χ0) is 15.0. The van der Waals surface area contributed by atoms with Gasteiger partial charge in [-0.1, -0.05) is 32.4 Å². The quantitative estimate of drug-likeness (QED) is 0.770. The molecule has 0 radical (unpaired) electrons. The first-order valence-corrected chi connectivity index (χ1v) is 8.73. The molecule has 1 heterocycles. The van der Waals surface area contributed by atoms with Gasteiger partial charge < -0.3 is 5.32 Å². The second-order valence-corrected chi connectivity index (χ2v) is 9.21. The molecule has 1 aliphatic heterocycles. The van der Waals surface area contributed by atoms with Gasteiger partial charge in [0.2, 0.25) is 0 Å². The van der Waals surface area contributed by atoms with Crippen LogP contribution in [0.15, 0.2) is 23.1 Å². The Balaban J connectivity index is 2.17. The van der Waals surface area contributed by atoms with Crippen LogP contribution in [0.5, 0.6) is 0 Å². The monoisotopic (exact) mass is 311 g/mol. The molecule has 0 saturated carbocycles. The number of thioether (sulfide) groups is 1. The molecule has 0 aliphatic carbocycles. The van der Waals surface area contributed by atoms with E-state index in [2.05, 4.69) is 52.1 Å². The van der Waals surface area contributed by atoms with E-state index >= 15 is 0 Å². The van der Waals surface area contributed by atoms with Crippen molar-refractivity contribution in [2.24, 2.45) is 5.41 Å². The van der Waals surface area contributed by atoms with Crippen LogP contribution in [-0.2, 0) is 0 Å². The van der Waals surface area contributed by atoms with Crippen LogP contribution in [0.25, 0.3) is 0 Å². The van der Waals surface area contributed by atoms with Crippen molar-refractivity contribution >= 4 is 23.4 Å². The first-order chi connectivity index (χ1) is 9.16. The number of halogens is 1. The van der Waals surface area contributed by atoms with Crippen LogP contribution in [0.4, 0.5) is 0 Å². The van der Waals surface area contributed by atoms with E-state index in [9.17, 15) is 0 Å². The third-order valence-corrected chi connectivity index (χ3v) is 4.91. The summed E-state index contributed by atoms with van der Waals surface area (Å²) in [6.07, 6.45) is 2.32. The van der Waals surface area contributed by atoms with E-state index in [0.717, 1.165) is 11.4 Å². The van der Waals surface area contributed by atoms with Crippen molar-refractivity contribution < 1.29 is 0 Å². The second kappa shape index (κ2) is 5.90. The highest BCUT2D eigenvalue weighted by atomic mass is 35.5. The highest BCUT2D eigenvalue weighted by Crippen LogP contribution is 2.39. The number of fused-ring (bicyclic) bond motifs is 1. The Labute approximate surface area is 132 Å². The standard InChI is InChI=1S/C17H26ClNS/c1-16(2,3)11-17(4,5)19-14-8-9-20-15-7-6-12(18)10-13(14)15/h6-7,10,14,19H,8-9,11H2,1-5H3. The first-order valence-electron chi connectivity index (χ1n) is 7.36. The summed E-state index contributed by atoms with van der Waals surface area (Å²) in [7, 11) is 0. The summed E-state index contributed by atoms with van der Waals surface area (Å²) >= 11 is 8.12. The van der Waals surface area contributed by atoms with Crippen molar-refractivity contribution in [1.82, 2.24) is 5.32 Å². The van der Waals surface area contributed by atoms with Crippen molar-refractivity contribution in [2.45, 2.75) is 63.9 Å². The van der Waals surface area contributed by atoms with Crippen LogP contribution >= 0.6 is 23.4 Å². The third-order valence-electron chi connectivity index (χ3n) is 3.55. The van der Waals surface area contributed by atoms with Crippen LogP contribution in [0.3, 0.4) is 0 Å². The third kappa shape index (κ3) is 4.41. The molecule has 0 bridgehead atoms. The Hall–Kier alpha value is -0.180. The van der Waals surface area contributed by atoms with Gasteiger partial charge in [0.05, 0.1) is 0 Å². The minimum Gasteiger partial charge on any atom is -0.305 e. The number of rotatable bonds is 3.